The second kappa shape index (κ2) is 5.62. The summed E-state index contributed by atoms with van der Waals surface area (Å²) in [5, 5.41) is -0.0915. The quantitative estimate of drug-likeness (QED) is 0.810. The van der Waals surface area contributed by atoms with Crippen LogP contribution in [0.25, 0.3) is 0 Å². The summed E-state index contributed by atoms with van der Waals surface area (Å²) in [5.74, 6) is -0.950. The molecule has 0 atom stereocenters. The van der Waals surface area contributed by atoms with Crippen LogP contribution in [0.15, 0.2) is 30.7 Å². The first kappa shape index (κ1) is 13.2. The highest BCUT2D eigenvalue weighted by molar-refractivity contribution is 6.30. The molecule has 7 heteroatoms. The third-order valence-corrected chi connectivity index (χ3v) is 2.48. The van der Waals surface area contributed by atoms with Crippen molar-refractivity contribution in [2.24, 2.45) is 0 Å². The minimum absolute atomic E-state index is 0.00419. The lowest BCUT2D eigenvalue weighted by molar-refractivity contribution is 0.0596. The van der Waals surface area contributed by atoms with Crippen LogP contribution < -0.4 is 4.74 Å². The molecule has 0 bridgehead atoms. The lowest BCUT2D eigenvalue weighted by Crippen LogP contribution is -2.05. The van der Waals surface area contributed by atoms with Crippen molar-refractivity contribution in [3.05, 3.63) is 47.1 Å². The molecule has 0 aliphatic heterocycles. The first-order valence-electron chi connectivity index (χ1n) is 5.13. The zero-order valence-corrected chi connectivity index (χ0v) is 10.5. The molecule has 0 radical (unpaired) electrons. The number of carbonyl (C=O) groups excluding carboxylic acids is 1. The number of ether oxygens (including phenoxy) is 2. The lowest BCUT2D eigenvalue weighted by Gasteiger charge is -2.08. The fourth-order valence-electron chi connectivity index (χ4n) is 1.30. The van der Waals surface area contributed by atoms with Crippen molar-refractivity contribution < 1.29 is 18.7 Å². The van der Waals surface area contributed by atoms with Crippen LogP contribution in [0.2, 0.25) is 5.02 Å². The summed E-state index contributed by atoms with van der Waals surface area (Å²) in [5.41, 5.74) is 0.0606. The summed E-state index contributed by atoms with van der Waals surface area (Å²) >= 11 is 5.63. The zero-order valence-electron chi connectivity index (χ0n) is 9.76. The molecule has 19 heavy (non-hydrogen) atoms. The van der Waals surface area contributed by atoms with Crippen LogP contribution in [0.3, 0.4) is 0 Å². The maximum Gasteiger partial charge on any atom is 0.345 e. The molecule has 0 saturated heterocycles. The van der Waals surface area contributed by atoms with E-state index in [0.29, 0.717) is 0 Å². The summed E-state index contributed by atoms with van der Waals surface area (Å²) in [6, 6.07) is 3.79. The highest BCUT2D eigenvalue weighted by atomic mass is 35.5. The predicted octanol–water partition coefficient (Wildman–Crippen LogP) is 2.85. The zero-order chi connectivity index (χ0) is 13.8. The van der Waals surface area contributed by atoms with Crippen molar-refractivity contribution in [1.29, 1.82) is 0 Å². The molecule has 5 nitrogen and oxygen atoms in total. The van der Waals surface area contributed by atoms with Gasteiger partial charge in [0, 0.05) is 12.3 Å². The first-order valence-corrected chi connectivity index (χ1v) is 5.51. The van der Waals surface area contributed by atoms with E-state index in [-0.39, 0.29) is 22.2 Å². The number of aromatic nitrogens is 2. The van der Waals surface area contributed by atoms with Gasteiger partial charge in [-0.05, 0) is 12.1 Å². The molecular formula is C12H8ClFN2O3. The Hall–Kier alpha value is -2.21. The van der Waals surface area contributed by atoms with E-state index in [4.69, 9.17) is 16.3 Å². The van der Waals surface area contributed by atoms with Gasteiger partial charge in [0.25, 0.3) is 0 Å². The van der Waals surface area contributed by atoms with Gasteiger partial charge < -0.3 is 9.47 Å². The molecule has 0 saturated carbocycles. The van der Waals surface area contributed by atoms with Crippen molar-refractivity contribution in [2.75, 3.05) is 7.11 Å². The summed E-state index contributed by atoms with van der Waals surface area (Å²) in [6.07, 6.45) is 2.48. The number of nitrogens with zero attached hydrogens (tertiary/aromatic N) is 2. The average molecular weight is 283 g/mol. The second-order valence-electron chi connectivity index (χ2n) is 3.41. The molecule has 0 unspecified atom stereocenters. The number of hydrogen-bond donors (Lipinski definition) is 0. The first-order chi connectivity index (χ1) is 9.11. The Morgan fingerprint density at radius 1 is 1.42 bits per heavy atom. The molecule has 1 aromatic carbocycles. The number of carbonyl (C=O) groups is 1. The Balaban J connectivity index is 2.32. The molecule has 98 valence electrons. The van der Waals surface area contributed by atoms with Crippen molar-refractivity contribution >= 4 is 17.6 Å². The number of hydrogen-bond acceptors (Lipinski definition) is 5. The Morgan fingerprint density at radius 3 is 2.89 bits per heavy atom. The van der Waals surface area contributed by atoms with Crippen LogP contribution in [0.5, 0.6) is 11.6 Å². The van der Waals surface area contributed by atoms with E-state index in [1.165, 1.54) is 31.8 Å². The van der Waals surface area contributed by atoms with Crippen LogP contribution in [-0.2, 0) is 4.74 Å². The van der Waals surface area contributed by atoms with Crippen molar-refractivity contribution in [3.8, 4) is 11.6 Å². The van der Waals surface area contributed by atoms with E-state index in [9.17, 15) is 9.18 Å². The molecular weight excluding hydrogens is 275 g/mol. The van der Waals surface area contributed by atoms with E-state index < -0.39 is 11.8 Å². The van der Waals surface area contributed by atoms with Gasteiger partial charge in [-0.25, -0.2) is 19.2 Å². The van der Waals surface area contributed by atoms with Crippen LogP contribution >= 0.6 is 11.6 Å². The number of halogens is 2. The number of benzene rings is 1. The normalized spacial score (nSPS) is 10.1. The number of esters is 1. The van der Waals surface area contributed by atoms with Crippen LogP contribution in [0.4, 0.5) is 4.39 Å². The second-order valence-corrected chi connectivity index (χ2v) is 3.82. The minimum Gasteiger partial charge on any atom is -0.465 e. The average Bonchev–Trinajstić information content (AvgIpc) is 2.43. The predicted molar refractivity (Wildman–Crippen MR) is 64.9 cm³/mol. The topological polar surface area (TPSA) is 61.3 Å². The van der Waals surface area contributed by atoms with Crippen LogP contribution in [-0.4, -0.2) is 23.0 Å². The molecule has 0 spiro atoms. The Kier molecular flexibility index (Phi) is 3.91. The van der Waals surface area contributed by atoms with E-state index >= 15 is 0 Å². The molecule has 0 aliphatic rings. The van der Waals surface area contributed by atoms with Gasteiger partial charge in [-0.2, -0.15) is 0 Å². The largest absolute Gasteiger partial charge is 0.465 e. The van der Waals surface area contributed by atoms with Gasteiger partial charge >= 0.3 is 5.97 Å². The summed E-state index contributed by atoms with van der Waals surface area (Å²) in [7, 11) is 1.23. The Bertz CT molecular complexity index is 622. The van der Waals surface area contributed by atoms with Gasteiger partial charge in [0.1, 0.15) is 23.5 Å². The summed E-state index contributed by atoms with van der Waals surface area (Å²) < 4.78 is 23.0. The van der Waals surface area contributed by atoms with Crippen molar-refractivity contribution in [1.82, 2.24) is 9.97 Å². The van der Waals surface area contributed by atoms with Crippen LogP contribution in [0.1, 0.15) is 10.4 Å². The van der Waals surface area contributed by atoms with Crippen LogP contribution in [0, 0.1) is 5.82 Å². The summed E-state index contributed by atoms with van der Waals surface area (Å²) in [4.78, 5) is 19.0. The smallest absolute Gasteiger partial charge is 0.345 e. The third kappa shape index (κ3) is 2.97. The van der Waals surface area contributed by atoms with Gasteiger partial charge in [-0.15, -0.1) is 0 Å². The molecule has 1 heterocycles. The molecule has 2 rings (SSSR count). The van der Waals surface area contributed by atoms with Crippen molar-refractivity contribution in [3.63, 3.8) is 0 Å². The minimum atomic E-state index is -0.635. The Morgan fingerprint density at radius 2 is 2.21 bits per heavy atom. The molecule has 0 N–H and O–H groups in total. The molecule has 2 aromatic rings. The highest BCUT2D eigenvalue weighted by Crippen LogP contribution is 2.26. The SMILES string of the molecule is COC(=O)c1cncnc1Oc1ccc(F)c(Cl)c1. The highest BCUT2D eigenvalue weighted by Gasteiger charge is 2.15. The van der Waals surface area contributed by atoms with E-state index in [0.717, 1.165) is 6.07 Å². The lowest BCUT2D eigenvalue weighted by atomic mass is 10.3. The van der Waals surface area contributed by atoms with Gasteiger partial charge in [-0.1, -0.05) is 11.6 Å². The Labute approximate surface area is 113 Å². The fraction of sp³-hybridized carbons (Fsp3) is 0.0833. The fourth-order valence-corrected chi connectivity index (χ4v) is 1.47. The van der Waals surface area contributed by atoms with Gasteiger partial charge in [0.15, 0.2) is 0 Å². The van der Waals surface area contributed by atoms with Gasteiger partial charge in [0.05, 0.1) is 12.1 Å². The maximum absolute atomic E-state index is 13.0. The van der Waals surface area contributed by atoms with E-state index in [2.05, 4.69) is 14.7 Å². The molecule has 0 aliphatic carbocycles. The van der Waals surface area contributed by atoms with Gasteiger partial charge in [-0.3, -0.25) is 0 Å². The summed E-state index contributed by atoms with van der Waals surface area (Å²) in [6.45, 7) is 0. The van der Waals surface area contributed by atoms with Gasteiger partial charge in [0.2, 0.25) is 5.88 Å². The number of methoxy groups -OCH3 is 1. The third-order valence-electron chi connectivity index (χ3n) is 2.19. The van der Waals surface area contributed by atoms with E-state index in [1.807, 2.05) is 0 Å². The molecule has 0 amide bonds. The van der Waals surface area contributed by atoms with E-state index in [1.54, 1.807) is 0 Å². The molecule has 0 fully saturated rings. The monoisotopic (exact) mass is 282 g/mol. The molecule has 1 aromatic heterocycles. The standard InChI is InChI=1S/C12H8ClFN2O3/c1-18-12(17)8-5-15-6-16-11(8)19-7-2-3-10(14)9(13)4-7/h2-6H,1H3. The number of rotatable bonds is 3. The maximum atomic E-state index is 13.0. The van der Waals surface area contributed by atoms with Crippen molar-refractivity contribution in [2.45, 2.75) is 0 Å².